The molecular weight excluding hydrogens is 286 g/mol. The first-order chi connectivity index (χ1) is 9.99. The standard InChI is InChI=1S/C15H23N3O2S/c1-4-14(19)18-8-7-12(9-18)17-15(20)16-11(3)13-6-5-10(2)21-13/h5-6,11-12H,4,7-9H2,1-3H3,(H2,16,17,20)/t11-,12+/m1/s1. The quantitative estimate of drug-likeness (QED) is 0.897. The molecule has 0 aromatic carbocycles. The molecule has 2 heterocycles. The number of hydrogen-bond donors (Lipinski definition) is 2. The Kier molecular flexibility index (Phi) is 5.22. The number of amides is 3. The number of hydrogen-bond acceptors (Lipinski definition) is 3. The second kappa shape index (κ2) is 6.93. The van der Waals surface area contributed by atoms with Gasteiger partial charge in [0, 0.05) is 35.3 Å². The maximum Gasteiger partial charge on any atom is 0.315 e. The van der Waals surface area contributed by atoms with Gasteiger partial charge in [0.2, 0.25) is 5.91 Å². The van der Waals surface area contributed by atoms with Crippen molar-refractivity contribution in [3.8, 4) is 0 Å². The molecule has 6 heteroatoms. The number of rotatable bonds is 4. The summed E-state index contributed by atoms with van der Waals surface area (Å²) in [6, 6.07) is 3.99. The van der Waals surface area contributed by atoms with Crippen molar-refractivity contribution in [1.82, 2.24) is 15.5 Å². The van der Waals surface area contributed by atoms with Crippen molar-refractivity contribution in [2.75, 3.05) is 13.1 Å². The summed E-state index contributed by atoms with van der Waals surface area (Å²) >= 11 is 1.69. The molecule has 2 rings (SSSR count). The van der Waals surface area contributed by atoms with Crippen LogP contribution in [0.4, 0.5) is 4.79 Å². The van der Waals surface area contributed by atoms with Crippen molar-refractivity contribution in [3.63, 3.8) is 0 Å². The maximum absolute atomic E-state index is 12.0. The van der Waals surface area contributed by atoms with Crippen molar-refractivity contribution in [2.24, 2.45) is 0 Å². The molecule has 0 bridgehead atoms. The molecule has 2 N–H and O–H groups in total. The normalized spacial score (nSPS) is 19.4. The molecule has 0 spiro atoms. The van der Waals surface area contributed by atoms with E-state index in [1.54, 1.807) is 11.3 Å². The largest absolute Gasteiger partial charge is 0.341 e. The molecule has 1 saturated heterocycles. The van der Waals surface area contributed by atoms with Gasteiger partial charge in [-0.3, -0.25) is 4.79 Å². The highest BCUT2D eigenvalue weighted by atomic mass is 32.1. The summed E-state index contributed by atoms with van der Waals surface area (Å²) in [5, 5.41) is 5.91. The predicted octanol–water partition coefficient (Wildman–Crippen LogP) is 2.43. The fourth-order valence-corrected chi connectivity index (χ4v) is 3.39. The highest BCUT2D eigenvalue weighted by Crippen LogP contribution is 2.22. The summed E-state index contributed by atoms with van der Waals surface area (Å²) in [4.78, 5) is 27.8. The molecule has 1 aliphatic heterocycles. The smallest absolute Gasteiger partial charge is 0.315 e. The van der Waals surface area contributed by atoms with E-state index in [2.05, 4.69) is 23.6 Å². The Balaban J connectivity index is 1.79. The van der Waals surface area contributed by atoms with Gasteiger partial charge in [-0.1, -0.05) is 6.92 Å². The summed E-state index contributed by atoms with van der Waals surface area (Å²) in [6.45, 7) is 7.25. The Morgan fingerprint density at radius 2 is 2.24 bits per heavy atom. The van der Waals surface area contributed by atoms with Crippen LogP contribution in [-0.2, 0) is 4.79 Å². The van der Waals surface area contributed by atoms with Crippen LogP contribution in [0.25, 0.3) is 0 Å². The van der Waals surface area contributed by atoms with E-state index >= 15 is 0 Å². The summed E-state index contributed by atoms with van der Waals surface area (Å²) in [6.07, 6.45) is 1.35. The van der Waals surface area contributed by atoms with Gasteiger partial charge in [0.1, 0.15) is 0 Å². The lowest BCUT2D eigenvalue weighted by Crippen LogP contribution is -2.44. The summed E-state index contributed by atoms with van der Waals surface area (Å²) in [5.41, 5.74) is 0. The number of carbonyl (C=O) groups is 2. The molecule has 0 radical (unpaired) electrons. The third kappa shape index (κ3) is 4.20. The average Bonchev–Trinajstić information content (AvgIpc) is 3.07. The van der Waals surface area contributed by atoms with Gasteiger partial charge in [0.25, 0.3) is 0 Å². The lowest BCUT2D eigenvalue weighted by Gasteiger charge is -2.18. The molecular formula is C15H23N3O2S. The minimum absolute atomic E-state index is 0.00141. The summed E-state index contributed by atoms with van der Waals surface area (Å²) < 4.78 is 0. The number of nitrogens with one attached hydrogen (secondary N) is 2. The van der Waals surface area contributed by atoms with Crippen LogP contribution in [-0.4, -0.2) is 36.0 Å². The molecule has 0 saturated carbocycles. The molecule has 0 unspecified atom stereocenters. The zero-order valence-corrected chi connectivity index (χ0v) is 13.6. The average molecular weight is 309 g/mol. The first-order valence-electron chi connectivity index (χ1n) is 7.40. The minimum atomic E-state index is -0.163. The van der Waals surface area contributed by atoms with Crippen molar-refractivity contribution in [3.05, 3.63) is 21.9 Å². The van der Waals surface area contributed by atoms with E-state index in [4.69, 9.17) is 0 Å². The van der Waals surface area contributed by atoms with Gasteiger partial charge in [-0.15, -0.1) is 11.3 Å². The van der Waals surface area contributed by atoms with Crippen LogP contribution in [0.5, 0.6) is 0 Å². The number of thiophene rings is 1. The summed E-state index contributed by atoms with van der Waals surface area (Å²) in [5.74, 6) is 0.155. The Morgan fingerprint density at radius 3 is 2.86 bits per heavy atom. The Labute approximate surface area is 129 Å². The SMILES string of the molecule is CCC(=O)N1CC[C@H](NC(=O)N[C@H](C)c2ccc(C)s2)C1. The number of likely N-dealkylation sites (tertiary alicyclic amines) is 1. The molecule has 2 atom stereocenters. The first kappa shape index (κ1) is 15.8. The molecule has 0 aliphatic carbocycles. The lowest BCUT2D eigenvalue weighted by molar-refractivity contribution is -0.129. The molecule has 21 heavy (non-hydrogen) atoms. The first-order valence-corrected chi connectivity index (χ1v) is 8.22. The van der Waals surface area contributed by atoms with Crippen LogP contribution in [0.2, 0.25) is 0 Å². The Morgan fingerprint density at radius 1 is 1.48 bits per heavy atom. The molecule has 1 aromatic rings. The van der Waals surface area contributed by atoms with Crippen LogP contribution < -0.4 is 10.6 Å². The Bertz CT molecular complexity index is 515. The molecule has 5 nitrogen and oxygen atoms in total. The number of urea groups is 1. The van der Waals surface area contributed by atoms with Gasteiger partial charge in [0.05, 0.1) is 6.04 Å². The predicted molar refractivity (Wildman–Crippen MR) is 84.4 cm³/mol. The molecule has 116 valence electrons. The van der Waals surface area contributed by atoms with Crippen LogP contribution in [0.1, 0.15) is 42.5 Å². The number of aryl methyl sites for hydroxylation is 1. The third-order valence-electron chi connectivity index (χ3n) is 3.71. The van der Waals surface area contributed by atoms with E-state index in [1.807, 2.05) is 24.8 Å². The van der Waals surface area contributed by atoms with E-state index in [9.17, 15) is 9.59 Å². The molecule has 1 fully saturated rings. The maximum atomic E-state index is 12.0. The van der Waals surface area contributed by atoms with Crippen molar-refractivity contribution >= 4 is 23.3 Å². The number of nitrogens with zero attached hydrogens (tertiary/aromatic N) is 1. The van der Waals surface area contributed by atoms with Gasteiger partial charge in [-0.05, 0) is 32.4 Å². The fraction of sp³-hybridized carbons (Fsp3) is 0.600. The molecule has 1 aromatic heterocycles. The van der Waals surface area contributed by atoms with Crippen molar-refractivity contribution < 1.29 is 9.59 Å². The minimum Gasteiger partial charge on any atom is -0.341 e. The zero-order valence-electron chi connectivity index (χ0n) is 12.8. The lowest BCUT2D eigenvalue weighted by atomic mass is 10.2. The second-order valence-electron chi connectivity index (χ2n) is 5.47. The van der Waals surface area contributed by atoms with Gasteiger partial charge in [-0.2, -0.15) is 0 Å². The van der Waals surface area contributed by atoms with Crippen LogP contribution in [0.15, 0.2) is 12.1 Å². The van der Waals surface area contributed by atoms with E-state index in [1.165, 1.54) is 4.88 Å². The van der Waals surface area contributed by atoms with Gasteiger partial charge in [0.15, 0.2) is 0 Å². The van der Waals surface area contributed by atoms with E-state index in [0.717, 1.165) is 17.8 Å². The molecule has 1 aliphatic rings. The van der Waals surface area contributed by atoms with Crippen molar-refractivity contribution in [2.45, 2.75) is 45.7 Å². The zero-order chi connectivity index (χ0) is 15.4. The topological polar surface area (TPSA) is 61.4 Å². The van der Waals surface area contributed by atoms with Gasteiger partial charge >= 0.3 is 6.03 Å². The highest BCUT2D eigenvalue weighted by Gasteiger charge is 2.26. The summed E-state index contributed by atoms with van der Waals surface area (Å²) in [7, 11) is 0. The Hall–Kier alpha value is -1.56. The number of carbonyl (C=O) groups excluding carboxylic acids is 2. The van der Waals surface area contributed by atoms with Crippen LogP contribution in [0.3, 0.4) is 0 Å². The monoisotopic (exact) mass is 309 g/mol. The fourth-order valence-electron chi connectivity index (χ4n) is 2.51. The van der Waals surface area contributed by atoms with Gasteiger partial charge in [-0.25, -0.2) is 4.79 Å². The van der Waals surface area contributed by atoms with Crippen molar-refractivity contribution in [1.29, 1.82) is 0 Å². The van der Waals surface area contributed by atoms with Gasteiger partial charge < -0.3 is 15.5 Å². The van der Waals surface area contributed by atoms with Crippen LogP contribution in [0, 0.1) is 6.92 Å². The van der Waals surface area contributed by atoms with E-state index < -0.39 is 0 Å². The van der Waals surface area contributed by atoms with E-state index in [-0.39, 0.29) is 24.0 Å². The molecule has 3 amide bonds. The third-order valence-corrected chi connectivity index (χ3v) is 4.90. The highest BCUT2D eigenvalue weighted by molar-refractivity contribution is 7.12. The van der Waals surface area contributed by atoms with Crippen LogP contribution >= 0.6 is 11.3 Å². The second-order valence-corrected chi connectivity index (χ2v) is 6.79. The van der Waals surface area contributed by atoms with E-state index in [0.29, 0.717) is 13.0 Å².